The normalized spacial score (nSPS) is 12.5. The quantitative estimate of drug-likeness (QED) is 0.158. The molecule has 0 saturated heterocycles. The second-order valence-corrected chi connectivity index (χ2v) is 21.3. The zero-order valence-electron chi connectivity index (χ0n) is 39.7. The van der Waals surface area contributed by atoms with Crippen LogP contribution in [0.25, 0.3) is 118 Å². The zero-order valence-corrected chi connectivity index (χ0v) is 41.3. The van der Waals surface area contributed by atoms with E-state index in [0.717, 1.165) is 50.1 Å². The molecule has 16 aromatic rings. The molecule has 73 heavy (non-hydrogen) atoms. The predicted molar refractivity (Wildman–Crippen MR) is 318 cm³/mol. The Morgan fingerprint density at radius 1 is 0.384 bits per heavy atom. The molecule has 0 aliphatic rings. The summed E-state index contributed by atoms with van der Waals surface area (Å²) in [7, 11) is 0. The Labute approximate surface area is 427 Å². The van der Waals surface area contributed by atoms with E-state index in [2.05, 4.69) is 250 Å². The van der Waals surface area contributed by atoms with E-state index >= 15 is 0 Å². The van der Waals surface area contributed by atoms with E-state index in [4.69, 9.17) is 6.58 Å². The molecule has 0 bridgehead atoms. The Morgan fingerprint density at radius 2 is 0.836 bits per heavy atom. The average Bonchev–Trinajstić information content (AvgIpc) is 4.34. The monoisotopic (exact) mass is 966 g/mol. The second-order valence-electron chi connectivity index (χ2n) is 19.2. The Balaban J connectivity index is 0.957. The van der Waals surface area contributed by atoms with E-state index in [9.17, 15) is 0 Å². The highest BCUT2D eigenvalue weighted by atomic mass is 32.1. The molecule has 0 aliphatic carbocycles. The molecule has 342 valence electrons. The predicted octanol–water partition coefficient (Wildman–Crippen LogP) is 19.2. The summed E-state index contributed by atoms with van der Waals surface area (Å²) >= 11 is 3.74. The van der Waals surface area contributed by atoms with Gasteiger partial charge in [0, 0.05) is 85.4 Å². The molecule has 16 rings (SSSR count). The van der Waals surface area contributed by atoms with Gasteiger partial charge in [-0.3, -0.25) is 0 Å². The maximum absolute atomic E-state index is 5.00. The van der Waals surface area contributed by atoms with Crippen LogP contribution in [-0.2, 0) is 0 Å². The van der Waals surface area contributed by atoms with Crippen molar-refractivity contribution >= 4 is 175 Å². The summed E-state index contributed by atoms with van der Waals surface area (Å²) in [6.45, 7) is 7.13. The number of rotatable bonds is 7. The third-order valence-corrected chi connectivity index (χ3v) is 17.8. The number of allylic oxidation sites excluding steroid dienone is 1. The van der Waals surface area contributed by atoms with Crippen molar-refractivity contribution in [3.8, 4) is 0 Å². The first-order chi connectivity index (χ1) is 36.1. The highest BCUT2D eigenvalue weighted by molar-refractivity contribution is 7.26. The lowest BCUT2D eigenvalue weighted by Gasteiger charge is -2.27. The number of nitrogens with zero attached hydrogens (tertiary/aromatic N) is 4. The standard InChI is InChI=1S/C67H42N4S2/c1-3-19-45-50-38-59-51(39-58(50)70-53-31-17-30-52(62(53)40(2)64(45)70)68(41-20-6-4-7-21-41)56-34-15-27-47-43-24-10-12-36-60(43)72-66(47)56)46-26-14-29-49-63-54(32-18-33-55(63)71(59)65(46)49)69(42-22-8-5-9-23-42)57-35-16-28-48-44-25-11-13-37-61(44)73-67(48)57/h3-39H,2H2,1H3/b19-3-. The first-order valence-electron chi connectivity index (χ1n) is 24.9. The van der Waals surface area contributed by atoms with Crippen molar-refractivity contribution in [3.63, 3.8) is 0 Å². The zero-order chi connectivity index (χ0) is 48.1. The molecular formula is C67H42N4S2. The van der Waals surface area contributed by atoms with E-state index in [1.165, 1.54) is 101 Å². The molecule has 0 unspecified atom stereocenters. The summed E-state index contributed by atoms with van der Waals surface area (Å²) in [6.07, 6.45) is 4.47. The summed E-state index contributed by atoms with van der Waals surface area (Å²) in [6, 6.07) is 78.3. The summed E-state index contributed by atoms with van der Waals surface area (Å²) in [5, 5.41) is 13.5. The van der Waals surface area contributed by atoms with Gasteiger partial charge in [-0.25, -0.2) is 0 Å². The fourth-order valence-corrected chi connectivity index (χ4v) is 14.9. The van der Waals surface area contributed by atoms with Crippen LogP contribution in [0.15, 0.2) is 218 Å². The number of hydrogen-bond acceptors (Lipinski definition) is 4. The molecule has 6 heteroatoms. The van der Waals surface area contributed by atoms with Gasteiger partial charge in [-0.2, -0.15) is 0 Å². The maximum Gasteiger partial charge on any atom is 0.0640 e. The summed E-state index contributed by atoms with van der Waals surface area (Å²) in [4.78, 5) is 4.95. The van der Waals surface area contributed by atoms with Crippen molar-refractivity contribution < 1.29 is 0 Å². The number of thiophene rings is 2. The van der Waals surface area contributed by atoms with Crippen LogP contribution in [0.5, 0.6) is 0 Å². The van der Waals surface area contributed by atoms with Gasteiger partial charge in [0.1, 0.15) is 0 Å². The molecule has 6 aromatic heterocycles. The molecule has 0 fully saturated rings. The molecule has 4 nitrogen and oxygen atoms in total. The highest BCUT2D eigenvalue weighted by Crippen LogP contribution is 2.51. The largest absolute Gasteiger partial charge is 0.308 e. The fraction of sp³-hybridized carbons (Fsp3) is 0.0149. The minimum absolute atomic E-state index is 1.02. The van der Waals surface area contributed by atoms with Crippen LogP contribution in [0.2, 0.25) is 0 Å². The third kappa shape index (κ3) is 5.54. The van der Waals surface area contributed by atoms with Gasteiger partial charge in [0.25, 0.3) is 0 Å². The van der Waals surface area contributed by atoms with Gasteiger partial charge in [0.2, 0.25) is 0 Å². The van der Waals surface area contributed by atoms with Crippen LogP contribution in [0.3, 0.4) is 0 Å². The van der Waals surface area contributed by atoms with Crippen molar-refractivity contribution in [1.82, 2.24) is 8.80 Å². The number of hydrogen-bond donors (Lipinski definition) is 0. The van der Waals surface area contributed by atoms with Crippen LogP contribution in [0.4, 0.5) is 34.1 Å². The van der Waals surface area contributed by atoms with Gasteiger partial charge in [-0.15, -0.1) is 22.7 Å². The van der Waals surface area contributed by atoms with Gasteiger partial charge >= 0.3 is 0 Å². The van der Waals surface area contributed by atoms with Crippen molar-refractivity contribution in [2.24, 2.45) is 0 Å². The molecular weight excluding hydrogens is 925 g/mol. The third-order valence-electron chi connectivity index (χ3n) is 15.4. The minimum Gasteiger partial charge on any atom is -0.308 e. The van der Waals surface area contributed by atoms with Crippen LogP contribution < -0.4 is 15.0 Å². The summed E-state index contributed by atoms with van der Waals surface area (Å²) < 4.78 is 10.2. The van der Waals surface area contributed by atoms with E-state index in [1.807, 2.05) is 22.7 Å². The average molecular weight is 967 g/mol. The van der Waals surface area contributed by atoms with Gasteiger partial charge in [-0.05, 0) is 91.9 Å². The van der Waals surface area contributed by atoms with Crippen LogP contribution in [0, 0.1) is 0 Å². The van der Waals surface area contributed by atoms with Crippen molar-refractivity contribution in [1.29, 1.82) is 0 Å². The Morgan fingerprint density at radius 3 is 1.45 bits per heavy atom. The van der Waals surface area contributed by atoms with E-state index in [0.29, 0.717) is 0 Å². The SMILES string of the molecule is C=c1c2c(N(c3ccccc3)c3cccc4c3sc3ccccc34)cccc2n2c1c(/C=C\C)c1cc3c(cc12)c1cccc2c4c(N(c5ccccc5)c5cccc6c5sc5ccccc56)cccc4n3c12. The van der Waals surface area contributed by atoms with Crippen LogP contribution >= 0.6 is 22.7 Å². The molecule has 0 atom stereocenters. The Kier molecular flexibility index (Phi) is 8.53. The van der Waals surface area contributed by atoms with E-state index in [-0.39, 0.29) is 0 Å². The molecule has 0 N–H and O–H groups in total. The van der Waals surface area contributed by atoms with Crippen molar-refractivity contribution in [2.45, 2.75) is 6.92 Å². The fourth-order valence-electron chi connectivity index (χ4n) is 12.5. The first-order valence-corrected chi connectivity index (χ1v) is 26.5. The number of aromatic nitrogens is 2. The first kappa shape index (κ1) is 40.8. The lowest BCUT2D eigenvalue weighted by Crippen LogP contribution is -2.12. The maximum atomic E-state index is 5.00. The smallest absolute Gasteiger partial charge is 0.0640 e. The van der Waals surface area contributed by atoms with Crippen LogP contribution in [-0.4, -0.2) is 8.80 Å². The highest BCUT2D eigenvalue weighted by Gasteiger charge is 2.28. The summed E-state index contributed by atoms with van der Waals surface area (Å²) in [5.41, 5.74) is 15.1. The summed E-state index contributed by atoms with van der Waals surface area (Å²) in [5.74, 6) is 0. The topological polar surface area (TPSA) is 15.3 Å². The van der Waals surface area contributed by atoms with Gasteiger partial charge < -0.3 is 18.6 Å². The molecule has 0 amide bonds. The van der Waals surface area contributed by atoms with Crippen molar-refractivity contribution in [2.75, 3.05) is 9.80 Å². The molecule has 0 saturated carbocycles. The Bertz CT molecular complexity index is 5020. The van der Waals surface area contributed by atoms with Gasteiger partial charge in [0.05, 0.1) is 65.2 Å². The van der Waals surface area contributed by atoms with E-state index in [1.54, 1.807) is 0 Å². The lowest BCUT2D eigenvalue weighted by atomic mass is 10.0. The van der Waals surface area contributed by atoms with Crippen molar-refractivity contribution in [3.05, 3.63) is 229 Å². The molecule has 0 spiro atoms. The van der Waals surface area contributed by atoms with Gasteiger partial charge in [0.15, 0.2) is 0 Å². The molecule has 0 aliphatic heterocycles. The number of anilines is 6. The number of fused-ring (bicyclic) bond motifs is 17. The van der Waals surface area contributed by atoms with Crippen LogP contribution in [0.1, 0.15) is 12.5 Å². The minimum atomic E-state index is 1.02. The number of benzene rings is 10. The second kappa shape index (κ2) is 15.3. The number of para-hydroxylation sites is 3. The molecule has 6 heterocycles. The lowest BCUT2D eigenvalue weighted by molar-refractivity contribution is 1.31. The molecule has 10 aromatic carbocycles. The van der Waals surface area contributed by atoms with Gasteiger partial charge in [-0.1, -0.05) is 146 Å². The Hall–Kier alpha value is -8.94. The molecule has 0 radical (unpaired) electrons. The van der Waals surface area contributed by atoms with E-state index < -0.39 is 0 Å².